The van der Waals surface area contributed by atoms with Crippen LogP contribution in [0.1, 0.15) is 19.8 Å². The van der Waals surface area contributed by atoms with Crippen LogP contribution in [0.25, 0.3) is 0 Å². The van der Waals surface area contributed by atoms with E-state index >= 15 is 0 Å². The Morgan fingerprint density at radius 2 is 2.33 bits per heavy atom. The SMILES string of the molecule is CC(C(=O)Nc1cccc(F)n1)C1CC1. The molecule has 1 fully saturated rings. The summed E-state index contributed by atoms with van der Waals surface area (Å²) in [5.74, 6) is 0.128. The van der Waals surface area contributed by atoms with E-state index in [1.54, 1.807) is 6.07 Å². The van der Waals surface area contributed by atoms with Crippen LogP contribution in [0.2, 0.25) is 0 Å². The number of nitrogens with zero attached hydrogens (tertiary/aromatic N) is 1. The molecule has 1 aromatic heterocycles. The Labute approximate surface area is 87.7 Å². The molecule has 0 aliphatic heterocycles. The molecule has 2 rings (SSSR count). The van der Waals surface area contributed by atoms with Crippen molar-refractivity contribution in [3.63, 3.8) is 0 Å². The van der Waals surface area contributed by atoms with Crippen LogP contribution in [0, 0.1) is 17.8 Å². The quantitative estimate of drug-likeness (QED) is 0.774. The summed E-state index contributed by atoms with van der Waals surface area (Å²) < 4.78 is 12.7. The molecule has 3 nitrogen and oxygen atoms in total. The standard InChI is InChI=1S/C11H13FN2O/c1-7(8-5-6-8)11(15)14-10-4-2-3-9(12)13-10/h2-4,7-8H,5-6H2,1H3,(H,13,14,15). The van der Waals surface area contributed by atoms with Crippen molar-refractivity contribution in [2.75, 3.05) is 5.32 Å². The molecule has 1 aromatic rings. The summed E-state index contributed by atoms with van der Waals surface area (Å²) in [5.41, 5.74) is 0. The van der Waals surface area contributed by atoms with Gasteiger partial charge in [0.25, 0.3) is 0 Å². The van der Waals surface area contributed by atoms with Gasteiger partial charge in [-0.05, 0) is 30.9 Å². The van der Waals surface area contributed by atoms with E-state index < -0.39 is 5.95 Å². The van der Waals surface area contributed by atoms with Crippen LogP contribution in [0.5, 0.6) is 0 Å². The first-order valence-corrected chi connectivity index (χ1v) is 5.10. The van der Waals surface area contributed by atoms with E-state index in [4.69, 9.17) is 0 Å². The number of hydrogen-bond donors (Lipinski definition) is 1. The number of pyridine rings is 1. The van der Waals surface area contributed by atoms with Gasteiger partial charge in [0.1, 0.15) is 5.82 Å². The Morgan fingerprint density at radius 1 is 1.60 bits per heavy atom. The van der Waals surface area contributed by atoms with Gasteiger partial charge in [-0.15, -0.1) is 0 Å². The van der Waals surface area contributed by atoms with Crippen LogP contribution in [0.4, 0.5) is 10.2 Å². The fourth-order valence-electron chi connectivity index (χ4n) is 1.53. The van der Waals surface area contributed by atoms with Crippen LogP contribution < -0.4 is 5.32 Å². The highest BCUT2D eigenvalue weighted by Crippen LogP contribution is 2.36. The summed E-state index contributed by atoms with van der Waals surface area (Å²) in [4.78, 5) is 15.2. The van der Waals surface area contributed by atoms with Gasteiger partial charge in [0.05, 0.1) is 0 Å². The maximum atomic E-state index is 12.7. The lowest BCUT2D eigenvalue weighted by atomic mass is 10.1. The molecule has 1 atom stereocenters. The van der Waals surface area contributed by atoms with Crippen molar-refractivity contribution in [2.24, 2.45) is 11.8 Å². The van der Waals surface area contributed by atoms with Crippen molar-refractivity contribution in [3.05, 3.63) is 24.1 Å². The van der Waals surface area contributed by atoms with E-state index in [0.717, 1.165) is 12.8 Å². The van der Waals surface area contributed by atoms with Crippen LogP contribution in [0.3, 0.4) is 0 Å². The lowest BCUT2D eigenvalue weighted by Crippen LogP contribution is -2.22. The second kappa shape index (κ2) is 3.96. The van der Waals surface area contributed by atoms with E-state index in [1.165, 1.54) is 12.1 Å². The Morgan fingerprint density at radius 3 is 2.93 bits per heavy atom. The van der Waals surface area contributed by atoms with E-state index in [-0.39, 0.29) is 17.6 Å². The summed E-state index contributed by atoms with van der Waals surface area (Å²) in [6, 6.07) is 4.36. The Kier molecular flexibility index (Phi) is 2.66. The molecule has 15 heavy (non-hydrogen) atoms. The predicted molar refractivity (Wildman–Crippen MR) is 54.7 cm³/mol. The lowest BCUT2D eigenvalue weighted by molar-refractivity contribution is -0.119. The molecule has 0 spiro atoms. The highest BCUT2D eigenvalue weighted by atomic mass is 19.1. The van der Waals surface area contributed by atoms with Gasteiger partial charge in [-0.1, -0.05) is 13.0 Å². The van der Waals surface area contributed by atoms with Crippen molar-refractivity contribution < 1.29 is 9.18 Å². The van der Waals surface area contributed by atoms with Gasteiger partial charge in [0.2, 0.25) is 11.9 Å². The van der Waals surface area contributed by atoms with Gasteiger partial charge in [-0.25, -0.2) is 4.98 Å². The smallest absolute Gasteiger partial charge is 0.228 e. The maximum absolute atomic E-state index is 12.7. The summed E-state index contributed by atoms with van der Waals surface area (Å²) in [7, 11) is 0. The second-order valence-corrected chi connectivity index (χ2v) is 3.96. The fraction of sp³-hybridized carbons (Fsp3) is 0.455. The Hall–Kier alpha value is -1.45. The van der Waals surface area contributed by atoms with Crippen LogP contribution >= 0.6 is 0 Å². The summed E-state index contributed by atoms with van der Waals surface area (Å²) in [6.07, 6.45) is 2.23. The topological polar surface area (TPSA) is 42.0 Å². The summed E-state index contributed by atoms with van der Waals surface area (Å²) in [6.45, 7) is 1.90. The Bertz CT molecular complexity index is 377. The average molecular weight is 208 g/mol. The van der Waals surface area contributed by atoms with E-state index in [0.29, 0.717) is 5.92 Å². The van der Waals surface area contributed by atoms with Crippen LogP contribution in [-0.4, -0.2) is 10.9 Å². The van der Waals surface area contributed by atoms with Crippen molar-refractivity contribution >= 4 is 11.7 Å². The number of amides is 1. The minimum absolute atomic E-state index is 0.00457. The van der Waals surface area contributed by atoms with E-state index in [9.17, 15) is 9.18 Å². The molecule has 0 bridgehead atoms. The van der Waals surface area contributed by atoms with Crippen molar-refractivity contribution in [3.8, 4) is 0 Å². The molecule has 1 unspecified atom stereocenters. The number of halogens is 1. The zero-order chi connectivity index (χ0) is 10.8. The number of rotatable bonds is 3. The van der Waals surface area contributed by atoms with E-state index in [2.05, 4.69) is 10.3 Å². The summed E-state index contributed by atoms with van der Waals surface area (Å²) in [5, 5.41) is 2.61. The normalized spacial score (nSPS) is 17.2. The predicted octanol–water partition coefficient (Wildman–Crippen LogP) is 2.21. The molecular formula is C11H13FN2O. The molecule has 0 radical (unpaired) electrons. The first-order valence-electron chi connectivity index (χ1n) is 5.10. The molecule has 0 aromatic carbocycles. The minimum atomic E-state index is -0.577. The Balaban J connectivity index is 1.98. The molecule has 1 aliphatic carbocycles. The molecular weight excluding hydrogens is 195 g/mol. The third kappa shape index (κ3) is 2.52. The highest BCUT2D eigenvalue weighted by Gasteiger charge is 2.32. The molecule has 4 heteroatoms. The molecule has 1 saturated carbocycles. The maximum Gasteiger partial charge on any atom is 0.228 e. The zero-order valence-corrected chi connectivity index (χ0v) is 8.53. The first-order chi connectivity index (χ1) is 7.16. The van der Waals surface area contributed by atoms with Gasteiger partial charge < -0.3 is 5.32 Å². The fourth-order valence-corrected chi connectivity index (χ4v) is 1.53. The molecule has 1 N–H and O–H groups in total. The number of carbonyl (C=O) groups excluding carboxylic acids is 1. The van der Waals surface area contributed by atoms with Crippen LogP contribution in [0.15, 0.2) is 18.2 Å². The lowest BCUT2D eigenvalue weighted by Gasteiger charge is -2.09. The first kappa shape index (κ1) is 10.1. The third-order valence-corrected chi connectivity index (χ3v) is 2.71. The highest BCUT2D eigenvalue weighted by molar-refractivity contribution is 5.91. The minimum Gasteiger partial charge on any atom is -0.310 e. The molecule has 1 aliphatic rings. The van der Waals surface area contributed by atoms with Gasteiger partial charge >= 0.3 is 0 Å². The van der Waals surface area contributed by atoms with Crippen molar-refractivity contribution in [2.45, 2.75) is 19.8 Å². The molecule has 1 amide bonds. The largest absolute Gasteiger partial charge is 0.310 e. The number of anilines is 1. The molecule has 0 saturated heterocycles. The third-order valence-electron chi connectivity index (χ3n) is 2.71. The molecule has 80 valence electrons. The second-order valence-electron chi connectivity index (χ2n) is 3.96. The van der Waals surface area contributed by atoms with Gasteiger partial charge in [-0.2, -0.15) is 4.39 Å². The van der Waals surface area contributed by atoms with Gasteiger partial charge in [-0.3, -0.25) is 4.79 Å². The van der Waals surface area contributed by atoms with E-state index in [1.807, 2.05) is 6.92 Å². The van der Waals surface area contributed by atoms with Crippen molar-refractivity contribution in [1.82, 2.24) is 4.98 Å². The van der Waals surface area contributed by atoms with Gasteiger partial charge in [0.15, 0.2) is 0 Å². The van der Waals surface area contributed by atoms with Gasteiger partial charge in [0, 0.05) is 5.92 Å². The zero-order valence-electron chi connectivity index (χ0n) is 8.53. The summed E-state index contributed by atoms with van der Waals surface area (Å²) >= 11 is 0. The number of carbonyl (C=O) groups is 1. The molecule has 1 heterocycles. The number of aromatic nitrogens is 1. The van der Waals surface area contributed by atoms with Crippen molar-refractivity contribution in [1.29, 1.82) is 0 Å². The monoisotopic (exact) mass is 208 g/mol. The number of hydrogen-bond acceptors (Lipinski definition) is 2. The van der Waals surface area contributed by atoms with Crippen LogP contribution in [-0.2, 0) is 4.79 Å². The number of nitrogens with one attached hydrogen (secondary N) is 1. The average Bonchev–Trinajstić information content (AvgIpc) is 2.99.